The van der Waals surface area contributed by atoms with Crippen LogP contribution < -0.4 is 10.6 Å². The van der Waals surface area contributed by atoms with Gasteiger partial charge in [-0.25, -0.2) is 19.9 Å². The predicted molar refractivity (Wildman–Crippen MR) is 241 cm³/mol. The summed E-state index contributed by atoms with van der Waals surface area (Å²) in [6.45, 7) is 22.8. The molecule has 61 heavy (non-hydrogen) atoms. The van der Waals surface area contributed by atoms with Crippen molar-refractivity contribution in [2.24, 2.45) is 0 Å². The summed E-state index contributed by atoms with van der Waals surface area (Å²) in [5.74, 6) is -0.543. The Bertz CT molecular complexity index is 2910. The quantitative estimate of drug-likeness (QED) is 0.0665. The number of fused-ring (bicyclic) bond motifs is 4. The Morgan fingerprint density at radius 1 is 0.705 bits per heavy atom. The monoisotopic (exact) mass is 842 g/mol. The molecule has 0 radical (unpaired) electrons. The van der Waals surface area contributed by atoms with Crippen LogP contribution in [-0.4, -0.2) is 99.8 Å². The molecule has 0 fully saturated rings. The Labute approximate surface area is 354 Å². The number of carbonyl (C=O) groups is 2. The Morgan fingerprint density at radius 2 is 1.15 bits per heavy atom. The first kappa shape index (κ1) is 42.8. The van der Waals surface area contributed by atoms with Crippen molar-refractivity contribution in [3.05, 3.63) is 83.4 Å². The van der Waals surface area contributed by atoms with E-state index in [0.717, 1.165) is 32.9 Å². The molecule has 7 N–H and O–H groups in total. The van der Waals surface area contributed by atoms with E-state index in [1.807, 2.05) is 64.1 Å². The summed E-state index contributed by atoms with van der Waals surface area (Å²) in [6.07, 6.45) is 6.53. The number of nitrogens with one attached hydrogen (secondary N) is 6. The van der Waals surface area contributed by atoms with E-state index < -0.39 is 19.4 Å². The van der Waals surface area contributed by atoms with Crippen LogP contribution in [0.2, 0.25) is 18.1 Å². The lowest BCUT2D eigenvalue weighted by Crippen LogP contribution is -2.51. The Hall–Kier alpha value is -6.30. The lowest BCUT2D eigenvalue weighted by Gasteiger charge is -2.39. The van der Waals surface area contributed by atoms with Crippen LogP contribution in [0.25, 0.3) is 66.9 Å². The lowest BCUT2D eigenvalue weighted by molar-refractivity contribution is 0.0865. The van der Waals surface area contributed by atoms with Crippen LogP contribution in [0.1, 0.15) is 80.3 Å². The van der Waals surface area contributed by atoms with Crippen LogP contribution in [-0.2, 0) is 4.43 Å². The first-order chi connectivity index (χ1) is 28.6. The molecule has 0 spiro atoms. The smallest absolute Gasteiger partial charge is 0.255 e. The Balaban J connectivity index is 0.000000189. The summed E-state index contributed by atoms with van der Waals surface area (Å²) in [7, 11) is -1.93. The second-order valence-corrected chi connectivity index (χ2v) is 23.2. The second kappa shape index (κ2) is 15.9. The number of aryl methyl sites for hydroxylation is 2. The van der Waals surface area contributed by atoms with E-state index in [-0.39, 0.29) is 23.5 Å². The molecule has 2 amide bonds. The number of aliphatic hydroxyl groups excluding tert-OH is 1. The van der Waals surface area contributed by atoms with Crippen molar-refractivity contribution >= 4 is 64.3 Å². The summed E-state index contributed by atoms with van der Waals surface area (Å²) >= 11 is 0. The molecule has 6 aromatic heterocycles. The second-order valence-electron chi connectivity index (χ2n) is 18.4. The van der Waals surface area contributed by atoms with Crippen molar-refractivity contribution in [2.45, 2.75) is 91.5 Å². The zero-order valence-electron chi connectivity index (χ0n) is 36.5. The first-order valence-corrected chi connectivity index (χ1v) is 23.0. The number of aromatic nitrogens is 10. The van der Waals surface area contributed by atoms with Crippen molar-refractivity contribution < 1.29 is 19.1 Å². The molecule has 318 valence electrons. The molecule has 17 heteroatoms. The van der Waals surface area contributed by atoms with Gasteiger partial charge in [0.25, 0.3) is 11.8 Å². The van der Waals surface area contributed by atoms with Gasteiger partial charge in [0.1, 0.15) is 33.8 Å². The maximum Gasteiger partial charge on any atom is 0.255 e. The number of carbonyl (C=O) groups excluding carboxylic acids is 2. The molecule has 0 aliphatic heterocycles. The molecule has 6 heterocycles. The van der Waals surface area contributed by atoms with Gasteiger partial charge in [0.15, 0.2) is 19.6 Å². The Kier molecular flexibility index (Phi) is 11.2. The van der Waals surface area contributed by atoms with Gasteiger partial charge >= 0.3 is 0 Å². The van der Waals surface area contributed by atoms with E-state index in [1.54, 1.807) is 38.6 Å². The van der Waals surface area contributed by atoms with Crippen molar-refractivity contribution in [1.29, 1.82) is 0 Å². The summed E-state index contributed by atoms with van der Waals surface area (Å²) in [5, 5.41) is 32.2. The van der Waals surface area contributed by atoms with E-state index in [9.17, 15) is 14.7 Å². The zero-order valence-corrected chi connectivity index (χ0v) is 37.5. The largest absolute Gasteiger partial charge is 0.414 e. The fourth-order valence-corrected chi connectivity index (χ4v) is 7.57. The molecule has 2 aromatic carbocycles. The predicted octanol–water partition coefficient (Wildman–Crippen LogP) is 7.65. The average Bonchev–Trinajstić information content (AvgIpc) is 4.00. The van der Waals surface area contributed by atoms with Crippen LogP contribution in [0.4, 0.5) is 0 Å². The number of hydrogen-bond acceptors (Lipinski definition) is 10. The van der Waals surface area contributed by atoms with Gasteiger partial charge in [0.2, 0.25) is 0 Å². The van der Waals surface area contributed by atoms with Crippen LogP contribution in [0.15, 0.2) is 61.2 Å². The normalized spacial score (nSPS) is 12.6. The minimum absolute atomic E-state index is 0.102. The molecule has 8 rings (SSSR count). The van der Waals surface area contributed by atoms with Crippen molar-refractivity contribution in [2.75, 3.05) is 13.2 Å². The average molecular weight is 843 g/mol. The number of benzene rings is 2. The van der Waals surface area contributed by atoms with Gasteiger partial charge in [0, 0.05) is 23.2 Å². The van der Waals surface area contributed by atoms with Crippen molar-refractivity contribution in [1.82, 2.24) is 60.9 Å². The highest BCUT2D eigenvalue weighted by Crippen LogP contribution is 2.37. The number of H-pyrrole nitrogens is 4. The summed E-state index contributed by atoms with van der Waals surface area (Å²) in [6, 6.07) is 12.1. The van der Waals surface area contributed by atoms with E-state index in [0.29, 0.717) is 62.8 Å². The highest BCUT2D eigenvalue weighted by Gasteiger charge is 2.39. The van der Waals surface area contributed by atoms with Crippen LogP contribution in [0.5, 0.6) is 0 Å². The van der Waals surface area contributed by atoms with E-state index in [1.165, 1.54) is 0 Å². The minimum Gasteiger partial charge on any atom is -0.414 e. The number of amides is 2. The number of rotatable bonds is 10. The van der Waals surface area contributed by atoms with Crippen molar-refractivity contribution in [3.8, 4) is 22.8 Å². The standard InChI is InChI=1S/C25H34N6O2Si.C19H20N6O2/c1-15-9-10-16-18(11-15)30-31-20(16)19-13-27-22-21(28-19)17(12-26-22)23(32)29-25(5,6)14-33-34(7,8)24(2,3)4;1-10-4-5-11-13(6-10)24-25-15(11)14-8-21-17-16(22-14)12(7-20-17)18(27)23-19(2,3)9-26/h9-13H,14H2,1-8H3,(H,26,27)(H,29,32)(H,30,31);4-8,26H,9H2,1-3H3,(H,20,21)(H,23,27)(H,24,25). The molecular weight excluding hydrogens is 789 g/mol. The molecule has 0 unspecified atom stereocenters. The fourth-order valence-electron chi connectivity index (χ4n) is 6.42. The summed E-state index contributed by atoms with van der Waals surface area (Å²) in [5.41, 5.74) is 8.30. The topological polar surface area (TPSA) is 228 Å². The molecule has 0 aliphatic rings. The highest BCUT2D eigenvalue weighted by atomic mass is 28.4. The molecular formula is C44H54N12O4Si. The molecule has 0 bridgehead atoms. The number of aromatic amines is 4. The molecule has 16 nitrogen and oxygen atoms in total. The molecule has 0 aliphatic carbocycles. The van der Waals surface area contributed by atoms with Crippen molar-refractivity contribution in [3.63, 3.8) is 0 Å². The third-order valence-electron chi connectivity index (χ3n) is 11.1. The number of nitrogens with zero attached hydrogens (tertiary/aromatic N) is 6. The molecule has 0 saturated carbocycles. The lowest BCUT2D eigenvalue weighted by atomic mass is 10.1. The third-order valence-corrected chi connectivity index (χ3v) is 15.6. The molecule has 0 atom stereocenters. The Morgan fingerprint density at radius 3 is 1.57 bits per heavy atom. The van der Waals surface area contributed by atoms with Gasteiger partial charge in [-0.15, -0.1) is 0 Å². The number of aliphatic hydroxyl groups is 1. The molecule has 0 saturated heterocycles. The van der Waals surface area contributed by atoms with Crippen LogP contribution in [0, 0.1) is 13.8 Å². The SMILES string of the molecule is Cc1ccc2c(-c3cnc4[nH]cc(C(=O)NC(C)(C)CO)c4n3)n[nH]c2c1.Cc1ccc2c(-c3cnc4[nH]cc(C(=O)NC(C)(C)CO[Si](C)(C)C(C)(C)C)c4n3)n[nH]c2c1. The van der Waals surface area contributed by atoms with Gasteiger partial charge in [0.05, 0.1) is 58.8 Å². The maximum atomic E-state index is 13.2. The summed E-state index contributed by atoms with van der Waals surface area (Å²) < 4.78 is 6.36. The van der Waals surface area contributed by atoms with Gasteiger partial charge in [-0.05, 0) is 82.9 Å². The number of hydrogen-bond donors (Lipinski definition) is 7. The fraction of sp³-hybridized carbons (Fsp3) is 0.364. The maximum absolute atomic E-state index is 13.2. The van der Waals surface area contributed by atoms with E-state index in [4.69, 9.17) is 9.41 Å². The van der Waals surface area contributed by atoms with Gasteiger partial charge in [-0.3, -0.25) is 19.8 Å². The first-order valence-electron chi connectivity index (χ1n) is 20.1. The van der Waals surface area contributed by atoms with Crippen LogP contribution in [0.3, 0.4) is 0 Å². The minimum atomic E-state index is -1.93. The molecule has 8 aromatic rings. The van der Waals surface area contributed by atoms with Gasteiger partial charge in [-0.1, -0.05) is 45.0 Å². The van der Waals surface area contributed by atoms with Gasteiger partial charge < -0.3 is 30.1 Å². The van der Waals surface area contributed by atoms with E-state index >= 15 is 0 Å². The van der Waals surface area contributed by atoms with Crippen LogP contribution >= 0.6 is 0 Å². The highest BCUT2D eigenvalue weighted by molar-refractivity contribution is 6.74. The third kappa shape index (κ3) is 8.94. The zero-order chi connectivity index (χ0) is 44.1. The van der Waals surface area contributed by atoms with Gasteiger partial charge in [-0.2, -0.15) is 10.2 Å². The summed E-state index contributed by atoms with van der Waals surface area (Å²) in [4.78, 5) is 50.1. The van der Waals surface area contributed by atoms with E-state index in [2.05, 4.69) is 89.8 Å².